The van der Waals surface area contributed by atoms with Crippen LogP contribution in [0.25, 0.3) is 0 Å². The highest BCUT2D eigenvalue weighted by atomic mass is 16.3. The van der Waals surface area contributed by atoms with Crippen LogP contribution in [0, 0.1) is 19.8 Å². The Kier molecular flexibility index (Phi) is 5.23. The van der Waals surface area contributed by atoms with Crippen LogP contribution in [0.4, 0.5) is 10.5 Å². The molecule has 0 aromatic heterocycles. The molecule has 2 rings (SSSR count). The third kappa shape index (κ3) is 4.21. The Morgan fingerprint density at radius 2 is 2.05 bits per heavy atom. The van der Waals surface area contributed by atoms with Gasteiger partial charge in [-0.1, -0.05) is 30.5 Å². The van der Waals surface area contributed by atoms with E-state index < -0.39 is 0 Å². The molecule has 1 aromatic carbocycles. The molecule has 21 heavy (non-hydrogen) atoms. The van der Waals surface area contributed by atoms with E-state index >= 15 is 0 Å². The molecule has 4 heteroatoms. The van der Waals surface area contributed by atoms with Gasteiger partial charge in [0.1, 0.15) is 0 Å². The number of benzene rings is 1. The number of anilines is 1. The summed E-state index contributed by atoms with van der Waals surface area (Å²) in [7, 11) is 1.79. The van der Waals surface area contributed by atoms with E-state index in [0.717, 1.165) is 36.9 Å². The first kappa shape index (κ1) is 15.8. The maximum atomic E-state index is 12.3. The van der Waals surface area contributed by atoms with E-state index in [-0.39, 0.29) is 18.1 Å². The predicted octanol–water partition coefficient (Wildman–Crippen LogP) is 3.32. The quantitative estimate of drug-likeness (QED) is 0.897. The van der Waals surface area contributed by atoms with Crippen molar-refractivity contribution < 1.29 is 9.90 Å². The van der Waals surface area contributed by atoms with E-state index in [2.05, 4.69) is 11.4 Å². The second-order valence-electron chi connectivity index (χ2n) is 6.24. The summed E-state index contributed by atoms with van der Waals surface area (Å²) >= 11 is 0. The Morgan fingerprint density at radius 1 is 1.33 bits per heavy atom. The van der Waals surface area contributed by atoms with Crippen molar-refractivity contribution in [2.75, 3.05) is 18.9 Å². The summed E-state index contributed by atoms with van der Waals surface area (Å²) in [6.45, 7) is 4.64. The maximum absolute atomic E-state index is 12.3. The van der Waals surface area contributed by atoms with Crippen LogP contribution >= 0.6 is 0 Å². The van der Waals surface area contributed by atoms with Gasteiger partial charge in [0.05, 0.1) is 6.10 Å². The lowest BCUT2D eigenvalue weighted by molar-refractivity contribution is 0.0575. The highest BCUT2D eigenvalue weighted by molar-refractivity contribution is 5.90. The van der Waals surface area contributed by atoms with Crippen molar-refractivity contribution >= 4 is 11.7 Å². The van der Waals surface area contributed by atoms with Crippen molar-refractivity contribution in [3.8, 4) is 0 Å². The highest BCUT2D eigenvalue weighted by Gasteiger charge is 2.25. The summed E-state index contributed by atoms with van der Waals surface area (Å²) in [5.74, 6) is 0.202. The number of carbonyl (C=O) groups excluding carboxylic acids is 1. The second kappa shape index (κ2) is 6.94. The van der Waals surface area contributed by atoms with Crippen LogP contribution in [0.3, 0.4) is 0 Å². The number of aliphatic hydroxyl groups is 1. The van der Waals surface area contributed by atoms with Gasteiger partial charge in [0.15, 0.2) is 0 Å². The summed E-state index contributed by atoms with van der Waals surface area (Å²) in [6.07, 6.45) is 3.83. The fourth-order valence-corrected chi connectivity index (χ4v) is 3.00. The topological polar surface area (TPSA) is 52.6 Å². The van der Waals surface area contributed by atoms with E-state index in [1.807, 2.05) is 26.0 Å². The zero-order chi connectivity index (χ0) is 15.4. The van der Waals surface area contributed by atoms with Crippen LogP contribution in [0.1, 0.15) is 36.8 Å². The molecule has 1 aliphatic carbocycles. The number of hydrogen-bond donors (Lipinski definition) is 2. The number of urea groups is 1. The lowest BCUT2D eigenvalue weighted by Gasteiger charge is -2.31. The monoisotopic (exact) mass is 290 g/mol. The van der Waals surface area contributed by atoms with E-state index in [1.165, 1.54) is 5.56 Å². The molecule has 1 aromatic rings. The van der Waals surface area contributed by atoms with Crippen LogP contribution in [0.15, 0.2) is 18.2 Å². The summed E-state index contributed by atoms with van der Waals surface area (Å²) in [6, 6.07) is 5.87. The lowest BCUT2D eigenvalue weighted by atomic mass is 9.86. The third-order valence-corrected chi connectivity index (χ3v) is 4.35. The van der Waals surface area contributed by atoms with E-state index in [9.17, 15) is 9.90 Å². The van der Waals surface area contributed by atoms with Gasteiger partial charge in [-0.25, -0.2) is 4.79 Å². The molecule has 2 amide bonds. The Bertz CT molecular complexity index is 502. The normalized spacial score (nSPS) is 21.9. The van der Waals surface area contributed by atoms with Crippen molar-refractivity contribution in [3.05, 3.63) is 29.3 Å². The van der Waals surface area contributed by atoms with Crippen molar-refractivity contribution in [1.29, 1.82) is 0 Å². The number of hydrogen-bond acceptors (Lipinski definition) is 2. The first-order valence-corrected chi connectivity index (χ1v) is 7.75. The summed E-state index contributed by atoms with van der Waals surface area (Å²) < 4.78 is 0. The molecule has 1 aliphatic rings. The molecule has 0 saturated heterocycles. The maximum Gasteiger partial charge on any atom is 0.321 e. The number of aryl methyl sites for hydroxylation is 2. The minimum absolute atomic E-state index is 0.111. The first-order chi connectivity index (χ1) is 9.97. The molecule has 0 spiro atoms. The molecule has 0 bridgehead atoms. The van der Waals surface area contributed by atoms with E-state index in [0.29, 0.717) is 6.54 Å². The van der Waals surface area contributed by atoms with E-state index in [1.54, 1.807) is 11.9 Å². The van der Waals surface area contributed by atoms with Gasteiger partial charge in [-0.05, 0) is 38.3 Å². The van der Waals surface area contributed by atoms with Crippen molar-refractivity contribution in [2.45, 2.75) is 45.6 Å². The molecule has 2 N–H and O–H groups in total. The van der Waals surface area contributed by atoms with Gasteiger partial charge in [-0.3, -0.25) is 0 Å². The van der Waals surface area contributed by atoms with Crippen LogP contribution in [0.2, 0.25) is 0 Å². The molecule has 2 unspecified atom stereocenters. The second-order valence-corrected chi connectivity index (χ2v) is 6.24. The average Bonchev–Trinajstić information content (AvgIpc) is 2.44. The van der Waals surface area contributed by atoms with Gasteiger partial charge in [-0.15, -0.1) is 0 Å². The van der Waals surface area contributed by atoms with Gasteiger partial charge >= 0.3 is 6.03 Å². The van der Waals surface area contributed by atoms with Crippen molar-refractivity contribution in [1.82, 2.24) is 4.90 Å². The lowest BCUT2D eigenvalue weighted by Crippen LogP contribution is -2.40. The minimum Gasteiger partial charge on any atom is -0.393 e. The number of carbonyl (C=O) groups is 1. The van der Waals surface area contributed by atoms with E-state index in [4.69, 9.17) is 0 Å². The first-order valence-electron chi connectivity index (χ1n) is 7.75. The number of nitrogens with zero attached hydrogens (tertiary/aromatic N) is 1. The Hall–Kier alpha value is -1.55. The number of amides is 2. The van der Waals surface area contributed by atoms with Crippen LogP contribution < -0.4 is 5.32 Å². The Balaban J connectivity index is 1.92. The predicted molar refractivity (Wildman–Crippen MR) is 85.5 cm³/mol. The third-order valence-electron chi connectivity index (χ3n) is 4.35. The molecule has 0 heterocycles. The van der Waals surface area contributed by atoms with Crippen LogP contribution in [-0.2, 0) is 0 Å². The zero-order valence-electron chi connectivity index (χ0n) is 13.2. The van der Waals surface area contributed by atoms with Crippen LogP contribution in [-0.4, -0.2) is 35.7 Å². The summed E-state index contributed by atoms with van der Waals surface area (Å²) in [5.41, 5.74) is 3.10. The molecule has 4 nitrogen and oxygen atoms in total. The standard InChI is InChI=1S/C17H26N2O2/c1-12-8-9-15(13(2)10-12)18-17(21)19(3)11-14-6-4-5-7-16(14)20/h8-10,14,16,20H,4-7,11H2,1-3H3,(H,18,21). The van der Waals surface area contributed by atoms with Crippen molar-refractivity contribution in [3.63, 3.8) is 0 Å². The largest absolute Gasteiger partial charge is 0.393 e. The summed E-state index contributed by atoms with van der Waals surface area (Å²) in [4.78, 5) is 13.9. The number of aliphatic hydroxyl groups excluding tert-OH is 1. The molecular formula is C17H26N2O2. The molecule has 2 atom stereocenters. The smallest absolute Gasteiger partial charge is 0.321 e. The number of rotatable bonds is 3. The minimum atomic E-state index is -0.268. The SMILES string of the molecule is Cc1ccc(NC(=O)N(C)CC2CCCCC2O)c(C)c1. The molecule has 0 radical (unpaired) electrons. The molecular weight excluding hydrogens is 264 g/mol. The van der Waals surface area contributed by atoms with Gasteiger partial charge in [-0.2, -0.15) is 0 Å². The van der Waals surface area contributed by atoms with Gasteiger partial charge in [0.2, 0.25) is 0 Å². The molecule has 0 aliphatic heterocycles. The van der Waals surface area contributed by atoms with Gasteiger partial charge in [0, 0.05) is 25.2 Å². The van der Waals surface area contributed by atoms with Crippen LogP contribution in [0.5, 0.6) is 0 Å². The molecule has 1 saturated carbocycles. The highest BCUT2D eigenvalue weighted by Crippen LogP contribution is 2.25. The molecule has 116 valence electrons. The average molecular weight is 290 g/mol. The fraction of sp³-hybridized carbons (Fsp3) is 0.588. The van der Waals surface area contributed by atoms with Crippen molar-refractivity contribution in [2.24, 2.45) is 5.92 Å². The fourth-order valence-electron chi connectivity index (χ4n) is 3.00. The zero-order valence-corrected chi connectivity index (χ0v) is 13.2. The Labute approximate surface area is 127 Å². The van der Waals surface area contributed by atoms with Gasteiger partial charge in [0.25, 0.3) is 0 Å². The molecule has 1 fully saturated rings. The number of nitrogens with one attached hydrogen (secondary N) is 1. The van der Waals surface area contributed by atoms with Gasteiger partial charge < -0.3 is 15.3 Å². The summed E-state index contributed by atoms with van der Waals surface area (Å²) in [5, 5.41) is 13.0. The Morgan fingerprint density at radius 3 is 2.71 bits per heavy atom.